The molecule has 1 atom stereocenters. The minimum atomic E-state index is -0.0348. The van der Waals surface area contributed by atoms with E-state index in [2.05, 4.69) is 0 Å². The molecule has 1 N–H and O–H groups in total. The summed E-state index contributed by atoms with van der Waals surface area (Å²) in [6, 6.07) is 7.11. The van der Waals surface area contributed by atoms with Gasteiger partial charge in [0.25, 0.3) is 0 Å². The fourth-order valence-electron chi connectivity index (χ4n) is 2.69. The molecule has 1 fully saturated rings. The molecule has 0 amide bonds. The predicted molar refractivity (Wildman–Crippen MR) is 63.5 cm³/mol. The number of hydrogen-bond acceptors (Lipinski definition) is 2. The Balaban J connectivity index is 2.17. The molecular formula is C14H18O2. The summed E-state index contributed by atoms with van der Waals surface area (Å²) in [6.45, 7) is 0. The van der Waals surface area contributed by atoms with Gasteiger partial charge in [-0.1, -0.05) is 31.4 Å². The Labute approximate surface area is 96.3 Å². The molecule has 1 aromatic rings. The Bertz CT molecular complexity index is 354. The van der Waals surface area contributed by atoms with E-state index in [0.29, 0.717) is 5.92 Å². The van der Waals surface area contributed by atoms with E-state index < -0.39 is 0 Å². The molecule has 0 aliphatic heterocycles. The molecule has 1 aromatic carbocycles. The van der Waals surface area contributed by atoms with Crippen LogP contribution in [0, 0.1) is 5.92 Å². The monoisotopic (exact) mass is 218 g/mol. The van der Waals surface area contributed by atoms with Gasteiger partial charge >= 0.3 is 0 Å². The number of carbonyl (C=O) groups is 1. The first-order valence-electron chi connectivity index (χ1n) is 6.05. The average Bonchev–Trinajstić information content (AvgIpc) is 2.31. The zero-order chi connectivity index (χ0) is 11.4. The van der Waals surface area contributed by atoms with Crippen LogP contribution in [0.3, 0.4) is 0 Å². The molecule has 2 rings (SSSR count). The van der Waals surface area contributed by atoms with Crippen LogP contribution in [0.5, 0.6) is 5.75 Å². The molecule has 2 heteroatoms. The molecule has 1 saturated carbocycles. The number of rotatable bonds is 3. The number of carbonyl (C=O) groups excluding carboxylic acids is 1. The van der Waals surface area contributed by atoms with Crippen LogP contribution in [0.2, 0.25) is 0 Å². The van der Waals surface area contributed by atoms with Crippen LogP contribution in [0.15, 0.2) is 24.3 Å². The highest BCUT2D eigenvalue weighted by Crippen LogP contribution is 2.35. The summed E-state index contributed by atoms with van der Waals surface area (Å²) in [5, 5.41) is 9.44. The second-order valence-electron chi connectivity index (χ2n) is 4.65. The van der Waals surface area contributed by atoms with Crippen molar-refractivity contribution in [2.45, 2.75) is 38.0 Å². The summed E-state index contributed by atoms with van der Waals surface area (Å²) in [5.74, 6) is 0.681. The van der Waals surface area contributed by atoms with Crippen molar-refractivity contribution in [3.63, 3.8) is 0 Å². The lowest BCUT2D eigenvalue weighted by molar-refractivity contribution is -0.110. The minimum Gasteiger partial charge on any atom is -0.508 e. The molecule has 0 saturated heterocycles. The highest BCUT2D eigenvalue weighted by atomic mass is 16.3. The van der Waals surface area contributed by atoms with Gasteiger partial charge in [-0.25, -0.2) is 0 Å². The van der Waals surface area contributed by atoms with E-state index in [1.165, 1.54) is 19.3 Å². The number of aldehydes is 1. The molecule has 1 unspecified atom stereocenters. The number of benzene rings is 1. The van der Waals surface area contributed by atoms with Crippen LogP contribution in [0.4, 0.5) is 0 Å². The van der Waals surface area contributed by atoms with Gasteiger partial charge in [-0.15, -0.1) is 0 Å². The summed E-state index contributed by atoms with van der Waals surface area (Å²) in [6.07, 6.45) is 7.08. The molecule has 86 valence electrons. The number of aromatic hydroxyl groups is 1. The van der Waals surface area contributed by atoms with E-state index >= 15 is 0 Å². The lowest BCUT2D eigenvalue weighted by Crippen LogP contribution is -2.17. The maximum Gasteiger partial charge on any atom is 0.127 e. The number of phenolic OH excluding ortho intramolecular Hbond substituents is 1. The van der Waals surface area contributed by atoms with Crippen LogP contribution in [-0.4, -0.2) is 11.4 Å². The van der Waals surface area contributed by atoms with E-state index in [-0.39, 0.29) is 11.7 Å². The Morgan fingerprint density at radius 2 is 2.00 bits per heavy atom. The van der Waals surface area contributed by atoms with Crippen molar-refractivity contribution in [3.8, 4) is 5.75 Å². The predicted octanol–water partition coefficient (Wildman–Crippen LogP) is 3.26. The zero-order valence-electron chi connectivity index (χ0n) is 9.43. The lowest BCUT2D eigenvalue weighted by atomic mass is 9.77. The van der Waals surface area contributed by atoms with Gasteiger partial charge in [-0.3, -0.25) is 0 Å². The van der Waals surface area contributed by atoms with Gasteiger partial charge in [-0.05, 0) is 36.5 Å². The van der Waals surface area contributed by atoms with Crippen LogP contribution < -0.4 is 0 Å². The molecular weight excluding hydrogens is 200 g/mol. The fraction of sp³-hybridized carbons (Fsp3) is 0.500. The maximum atomic E-state index is 11.2. The van der Waals surface area contributed by atoms with Crippen LogP contribution in [-0.2, 0) is 4.79 Å². The molecule has 0 bridgehead atoms. The summed E-state index contributed by atoms with van der Waals surface area (Å²) >= 11 is 0. The Kier molecular flexibility index (Phi) is 3.60. The first kappa shape index (κ1) is 11.2. The Morgan fingerprint density at radius 3 is 2.62 bits per heavy atom. The molecule has 0 heterocycles. The molecule has 1 aliphatic rings. The normalized spacial score (nSPS) is 19.2. The zero-order valence-corrected chi connectivity index (χ0v) is 9.43. The largest absolute Gasteiger partial charge is 0.508 e. The van der Waals surface area contributed by atoms with Gasteiger partial charge in [0.05, 0.1) is 0 Å². The smallest absolute Gasteiger partial charge is 0.127 e. The van der Waals surface area contributed by atoms with E-state index in [1.54, 1.807) is 12.1 Å². The molecule has 0 spiro atoms. The van der Waals surface area contributed by atoms with Crippen LogP contribution in [0.1, 0.15) is 43.6 Å². The lowest BCUT2D eigenvalue weighted by Gasteiger charge is -2.26. The van der Waals surface area contributed by atoms with Gasteiger partial charge in [0.15, 0.2) is 0 Å². The van der Waals surface area contributed by atoms with Crippen molar-refractivity contribution in [1.82, 2.24) is 0 Å². The van der Waals surface area contributed by atoms with E-state index in [9.17, 15) is 9.90 Å². The third-order valence-corrected chi connectivity index (χ3v) is 3.56. The van der Waals surface area contributed by atoms with Crippen molar-refractivity contribution >= 4 is 6.29 Å². The highest BCUT2D eigenvalue weighted by molar-refractivity contribution is 5.63. The third kappa shape index (κ3) is 2.43. The van der Waals surface area contributed by atoms with E-state index in [0.717, 1.165) is 24.7 Å². The van der Waals surface area contributed by atoms with Gasteiger partial charge in [0, 0.05) is 5.92 Å². The first-order valence-corrected chi connectivity index (χ1v) is 6.05. The maximum absolute atomic E-state index is 11.2. The van der Waals surface area contributed by atoms with E-state index in [4.69, 9.17) is 0 Å². The Morgan fingerprint density at radius 1 is 1.25 bits per heavy atom. The summed E-state index contributed by atoms with van der Waals surface area (Å²) in [4.78, 5) is 11.2. The van der Waals surface area contributed by atoms with Crippen LogP contribution >= 0.6 is 0 Å². The minimum absolute atomic E-state index is 0.0348. The van der Waals surface area contributed by atoms with E-state index in [1.807, 2.05) is 12.1 Å². The van der Waals surface area contributed by atoms with Crippen molar-refractivity contribution in [3.05, 3.63) is 29.8 Å². The van der Waals surface area contributed by atoms with Crippen molar-refractivity contribution in [1.29, 1.82) is 0 Å². The average molecular weight is 218 g/mol. The fourth-order valence-corrected chi connectivity index (χ4v) is 2.69. The van der Waals surface area contributed by atoms with Gasteiger partial charge < -0.3 is 9.90 Å². The van der Waals surface area contributed by atoms with Crippen molar-refractivity contribution < 1.29 is 9.90 Å². The van der Waals surface area contributed by atoms with Gasteiger partial charge in [0.2, 0.25) is 0 Å². The molecule has 1 aliphatic carbocycles. The number of phenols is 1. The molecule has 16 heavy (non-hydrogen) atoms. The van der Waals surface area contributed by atoms with Crippen molar-refractivity contribution in [2.24, 2.45) is 5.92 Å². The van der Waals surface area contributed by atoms with Crippen LogP contribution in [0.25, 0.3) is 0 Å². The summed E-state index contributed by atoms with van der Waals surface area (Å²) in [5.41, 5.74) is 0.960. The second-order valence-corrected chi connectivity index (χ2v) is 4.65. The van der Waals surface area contributed by atoms with Crippen molar-refractivity contribution in [2.75, 3.05) is 0 Å². The highest BCUT2D eigenvalue weighted by Gasteiger charge is 2.24. The summed E-state index contributed by atoms with van der Waals surface area (Å²) in [7, 11) is 0. The topological polar surface area (TPSA) is 37.3 Å². The SMILES string of the molecule is O=CC(c1cccc(O)c1)C1CCCCC1. The first-order chi connectivity index (χ1) is 7.81. The molecule has 2 nitrogen and oxygen atoms in total. The molecule has 0 radical (unpaired) electrons. The quantitative estimate of drug-likeness (QED) is 0.791. The van der Waals surface area contributed by atoms with Gasteiger partial charge in [-0.2, -0.15) is 0 Å². The standard InChI is InChI=1S/C14H18O2/c15-10-14(11-5-2-1-3-6-11)12-7-4-8-13(16)9-12/h4,7-11,14,16H,1-3,5-6H2. The summed E-state index contributed by atoms with van der Waals surface area (Å²) < 4.78 is 0. The van der Waals surface area contributed by atoms with Gasteiger partial charge in [0.1, 0.15) is 12.0 Å². The Hall–Kier alpha value is -1.31. The number of hydrogen-bond donors (Lipinski definition) is 1. The third-order valence-electron chi connectivity index (χ3n) is 3.56. The molecule has 0 aromatic heterocycles. The second kappa shape index (κ2) is 5.15.